The Labute approximate surface area is 241 Å². The summed E-state index contributed by atoms with van der Waals surface area (Å²) in [5, 5.41) is 5.20. The van der Waals surface area contributed by atoms with Crippen molar-refractivity contribution in [3.8, 4) is 0 Å². The molecule has 1 unspecified atom stereocenters. The van der Waals surface area contributed by atoms with Crippen molar-refractivity contribution in [3.63, 3.8) is 0 Å². The molecule has 0 spiro atoms. The molecule has 0 bridgehead atoms. The van der Waals surface area contributed by atoms with E-state index in [1.807, 2.05) is 36.6 Å². The van der Waals surface area contributed by atoms with Gasteiger partial charge in [0.15, 0.2) is 0 Å². The summed E-state index contributed by atoms with van der Waals surface area (Å²) in [7, 11) is 0. The smallest absolute Gasteiger partial charge is 0.303 e. The number of hydrogen-bond donors (Lipinski definition) is 1. The van der Waals surface area contributed by atoms with Gasteiger partial charge in [-0.2, -0.15) is 0 Å². The number of benzene rings is 2. The molecule has 1 aliphatic rings. The number of esters is 2. The predicted octanol–water partition coefficient (Wildman–Crippen LogP) is 4.02. The highest BCUT2D eigenvalue weighted by Gasteiger charge is 2.44. The first-order valence-electron chi connectivity index (χ1n) is 13.3. The van der Waals surface area contributed by atoms with Crippen LogP contribution in [0.25, 0.3) is 0 Å². The van der Waals surface area contributed by atoms with E-state index in [1.165, 1.54) is 28.4 Å². The fraction of sp³-hybridized carbons (Fsp3) is 0.367. The lowest BCUT2D eigenvalue weighted by atomic mass is 10.0. The summed E-state index contributed by atoms with van der Waals surface area (Å²) in [6, 6.07) is 13.4. The molecule has 4 rings (SSSR count). The van der Waals surface area contributed by atoms with Gasteiger partial charge in [-0.05, 0) is 48.6 Å². The zero-order valence-corrected chi connectivity index (χ0v) is 23.9. The molecule has 1 aliphatic heterocycles. The van der Waals surface area contributed by atoms with Crippen molar-refractivity contribution in [2.45, 2.75) is 64.8 Å². The van der Waals surface area contributed by atoms with E-state index in [4.69, 9.17) is 9.47 Å². The van der Waals surface area contributed by atoms with Crippen LogP contribution in [0.2, 0.25) is 0 Å². The lowest BCUT2D eigenvalue weighted by Crippen LogP contribution is -2.53. The number of thiazole rings is 1. The van der Waals surface area contributed by atoms with Crippen molar-refractivity contribution >= 4 is 35.1 Å². The molecule has 11 heteroatoms. The van der Waals surface area contributed by atoms with Gasteiger partial charge >= 0.3 is 11.9 Å². The Morgan fingerprint density at radius 1 is 1.05 bits per heavy atom. The second-order valence-corrected chi connectivity index (χ2v) is 10.8. The van der Waals surface area contributed by atoms with Crippen LogP contribution >= 0.6 is 11.3 Å². The van der Waals surface area contributed by atoms with Crippen LogP contribution in [0.1, 0.15) is 60.1 Å². The number of nitrogens with one attached hydrogen (secondary N) is 1. The Hall–Kier alpha value is -4.12. The van der Waals surface area contributed by atoms with Gasteiger partial charge in [0.2, 0.25) is 12.2 Å². The minimum Gasteiger partial charge on any atom is -0.448 e. The molecular formula is C30H32FN3O6S. The van der Waals surface area contributed by atoms with Crippen LogP contribution in [0.15, 0.2) is 53.9 Å². The molecule has 2 amide bonds. The first-order valence-corrected chi connectivity index (χ1v) is 14.2. The normalized spacial score (nSPS) is 16.1. The van der Waals surface area contributed by atoms with Gasteiger partial charge in [-0.1, -0.05) is 36.4 Å². The number of halogens is 1. The van der Waals surface area contributed by atoms with Crippen molar-refractivity contribution < 1.29 is 33.0 Å². The molecular weight excluding hydrogens is 549 g/mol. The molecule has 1 N–H and O–H groups in total. The van der Waals surface area contributed by atoms with Gasteiger partial charge in [0, 0.05) is 32.2 Å². The maximum absolute atomic E-state index is 13.7. The number of rotatable bonds is 10. The Bertz CT molecular complexity index is 1410. The summed E-state index contributed by atoms with van der Waals surface area (Å²) in [4.78, 5) is 57.1. The molecule has 0 radical (unpaired) electrons. The number of carbonyl (C=O) groups is 4. The Balaban J connectivity index is 1.49. The number of nitrogens with zero attached hydrogens (tertiary/aromatic N) is 2. The fourth-order valence-corrected chi connectivity index (χ4v) is 5.59. The molecule has 0 aliphatic carbocycles. The number of ether oxygens (including phenoxy) is 2. The molecule has 3 atom stereocenters. The highest BCUT2D eigenvalue weighted by Crippen LogP contribution is 2.33. The maximum Gasteiger partial charge on any atom is 0.303 e. The molecule has 41 heavy (non-hydrogen) atoms. The van der Waals surface area contributed by atoms with Crippen LogP contribution < -0.4 is 5.32 Å². The summed E-state index contributed by atoms with van der Waals surface area (Å²) >= 11 is 1.37. The second kappa shape index (κ2) is 13.5. The fourth-order valence-electron chi connectivity index (χ4n) is 4.86. The molecule has 9 nitrogen and oxygen atoms in total. The molecule has 1 fully saturated rings. The van der Waals surface area contributed by atoms with E-state index < -0.39 is 47.8 Å². The molecule has 3 aromatic rings. The molecule has 2 heterocycles. The standard InChI is InChI=1S/C30H32FN3O6S/c1-18-7-4-5-8-22(18)15-24-17-41-26(33-24)16-32-29(37)27(39-19(2)35)28(40-20(3)36)30(38)34-14-6-9-25(34)21-10-12-23(31)13-11-21/h4-5,7-8,10-13,17,25,27-28H,6,9,14-16H2,1-3H3,(H,32,37)/t25?,27-,28-/m1/s1. The zero-order chi connectivity index (χ0) is 29.5. The zero-order valence-electron chi connectivity index (χ0n) is 23.1. The van der Waals surface area contributed by atoms with Crippen molar-refractivity contribution in [2.75, 3.05) is 6.54 Å². The van der Waals surface area contributed by atoms with Crippen molar-refractivity contribution in [2.24, 2.45) is 0 Å². The summed E-state index contributed by atoms with van der Waals surface area (Å²) in [6.45, 7) is 4.60. The molecule has 216 valence electrons. The number of amides is 2. The number of hydrogen-bond acceptors (Lipinski definition) is 8. The number of carbonyl (C=O) groups excluding carboxylic acids is 4. The minimum absolute atomic E-state index is 0.0257. The predicted molar refractivity (Wildman–Crippen MR) is 149 cm³/mol. The first-order chi connectivity index (χ1) is 19.6. The number of likely N-dealkylation sites (tertiary alicyclic amines) is 1. The van der Waals surface area contributed by atoms with E-state index in [-0.39, 0.29) is 6.54 Å². The summed E-state index contributed by atoms with van der Waals surface area (Å²) in [5.74, 6) is -3.51. The lowest BCUT2D eigenvalue weighted by Gasteiger charge is -2.31. The third kappa shape index (κ3) is 7.75. The van der Waals surface area contributed by atoms with E-state index in [9.17, 15) is 23.6 Å². The topological polar surface area (TPSA) is 115 Å². The van der Waals surface area contributed by atoms with E-state index in [0.29, 0.717) is 36.4 Å². The van der Waals surface area contributed by atoms with E-state index in [1.54, 1.807) is 12.1 Å². The quantitative estimate of drug-likeness (QED) is 0.360. The molecule has 1 aromatic heterocycles. The maximum atomic E-state index is 13.7. The van der Waals surface area contributed by atoms with Crippen LogP contribution in [0.5, 0.6) is 0 Å². The average molecular weight is 582 g/mol. The molecule has 1 saturated heterocycles. The van der Waals surface area contributed by atoms with E-state index in [2.05, 4.69) is 10.3 Å². The van der Waals surface area contributed by atoms with Crippen molar-refractivity contribution in [1.29, 1.82) is 0 Å². The van der Waals surface area contributed by atoms with Gasteiger partial charge in [-0.3, -0.25) is 19.2 Å². The number of aromatic nitrogens is 1. The largest absolute Gasteiger partial charge is 0.448 e. The lowest BCUT2D eigenvalue weighted by molar-refractivity contribution is -0.178. The van der Waals surface area contributed by atoms with Gasteiger partial charge in [-0.15, -0.1) is 11.3 Å². The van der Waals surface area contributed by atoms with Crippen LogP contribution in [0.3, 0.4) is 0 Å². The SMILES string of the molecule is CC(=O)O[C@@H](C(=O)NCc1nc(Cc2ccccc2C)cs1)[C@@H](OC(C)=O)C(=O)N1CCCC1c1ccc(F)cc1. The summed E-state index contributed by atoms with van der Waals surface area (Å²) in [6.07, 6.45) is -1.53. The number of aryl methyl sites for hydroxylation is 1. The Morgan fingerprint density at radius 2 is 1.73 bits per heavy atom. The third-order valence-corrected chi connectivity index (χ3v) is 7.70. The monoisotopic (exact) mass is 581 g/mol. The van der Waals surface area contributed by atoms with Gasteiger partial charge in [-0.25, -0.2) is 9.37 Å². The summed E-state index contributed by atoms with van der Waals surface area (Å²) in [5.41, 5.74) is 3.85. The van der Waals surface area contributed by atoms with Crippen molar-refractivity contribution in [3.05, 3.63) is 87.1 Å². The summed E-state index contributed by atoms with van der Waals surface area (Å²) < 4.78 is 24.1. The Kier molecular flexibility index (Phi) is 9.82. The van der Waals surface area contributed by atoms with Gasteiger partial charge in [0.25, 0.3) is 11.8 Å². The second-order valence-electron chi connectivity index (χ2n) is 9.85. The highest BCUT2D eigenvalue weighted by atomic mass is 32.1. The average Bonchev–Trinajstić information content (AvgIpc) is 3.60. The van der Waals surface area contributed by atoms with Gasteiger partial charge in [0.1, 0.15) is 10.8 Å². The minimum atomic E-state index is -1.72. The molecule has 2 aromatic carbocycles. The van der Waals surface area contributed by atoms with Gasteiger partial charge < -0.3 is 19.7 Å². The third-order valence-electron chi connectivity index (χ3n) is 6.80. The van der Waals surface area contributed by atoms with E-state index >= 15 is 0 Å². The van der Waals surface area contributed by atoms with E-state index in [0.717, 1.165) is 30.7 Å². The highest BCUT2D eigenvalue weighted by molar-refractivity contribution is 7.09. The Morgan fingerprint density at radius 3 is 2.41 bits per heavy atom. The van der Waals surface area contributed by atoms with Crippen LogP contribution in [0.4, 0.5) is 4.39 Å². The van der Waals surface area contributed by atoms with Gasteiger partial charge in [0.05, 0.1) is 18.3 Å². The molecule has 0 saturated carbocycles. The van der Waals surface area contributed by atoms with Crippen LogP contribution in [-0.2, 0) is 41.6 Å². The van der Waals surface area contributed by atoms with Crippen LogP contribution in [-0.4, -0.2) is 52.4 Å². The van der Waals surface area contributed by atoms with Crippen molar-refractivity contribution in [1.82, 2.24) is 15.2 Å². The first kappa shape index (κ1) is 29.9. The van der Waals surface area contributed by atoms with Crippen LogP contribution in [0, 0.1) is 12.7 Å².